The molecule has 5 nitrogen and oxygen atoms in total. The Morgan fingerprint density at radius 3 is 2.70 bits per heavy atom. The van der Waals surface area contributed by atoms with E-state index in [1.54, 1.807) is 36.9 Å². The Labute approximate surface area is 122 Å². The highest BCUT2D eigenvalue weighted by Gasteiger charge is 2.15. The first kappa shape index (κ1) is 14.4. The minimum Gasteiger partial charge on any atom is -0.456 e. The van der Waals surface area contributed by atoms with Gasteiger partial charge in [0.2, 0.25) is 0 Å². The van der Waals surface area contributed by atoms with Crippen molar-refractivity contribution >= 4 is 23.3 Å². The number of hydrogen-bond acceptors (Lipinski definition) is 4. The van der Waals surface area contributed by atoms with Gasteiger partial charge < -0.3 is 10.5 Å². The zero-order valence-corrected chi connectivity index (χ0v) is 12.4. The molecule has 0 fully saturated rings. The number of nitrogens with two attached hydrogens (primary N) is 1. The number of halogens is 1. The molecule has 1 heterocycles. The number of rotatable bonds is 3. The first-order valence-corrected chi connectivity index (χ1v) is 6.49. The summed E-state index contributed by atoms with van der Waals surface area (Å²) in [7, 11) is 1.76. The maximum atomic E-state index is 12.0. The molecule has 2 N–H and O–H groups in total. The molecule has 0 aliphatic rings. The molecule has 0 radical (unpaired) electrons. The SMILES string of the molecule is Cc1cc(N)ccc1C(=O)OCc1c(Cl)c(C)nn1C. The Balaban J connectivity index is 2.12. The zero-order valence-electron chi connectivity index (χ0n) is 11.6. The number of carbonyl (C=O) groups excluding carboxylic acids is 1. The lowest BCUT2D eigenvalue weighted by Gasteiger charge is -2.08. The Hall–Kier alpha value is -2.01. The van der Waals surface area contributed by atoms with Crippen LogP contribution in [0.25, 0.3) is 0 Å². The van der Waals surface area contributed by atoms with Crippen LogP contribution in [0.5, 0.6) is 0 Å². The van der Waals surface area contributed by atoms with Crippen molar-refractivity contribution in [3.63, 3.8) is 0 Å². The van der Waals surface area contributed by atoms with Gasteiger partial charge in [0.05, 0.1) is 22.0 Å². The monoisotopic (exact) mass is 293 g/mol. The van der Waals surface area contributed by atoms with Gasteiger partial charge in [0, 0.05) is 12.7 Å². The highest BCUT2D eigenvalue weighted by molar-refractivity contribution is 6.31. The van der Waals surface area contributed by atoms with Crippen LogP contribution in [0.15, 0.2) is 18.2 Å². The number of carbonyl (C=O) groups is 1. The predicted octanol–water partition coefficient (Wildman–Crippen LogP) is 2.63. The molecule has 0 aliphatic carbocycles. The highest BCUT2D eigenvalue weighted by atomic mass is 35.5. The fourth-order valence-electron chi connectivity index (χ4n) is 1.96. The van der Waals surface area contributed by atoms with Crippen molar-refractivity contribution in [1.29, 1.82) is 0 Å². The Bertz CT molecular complexity index is 665. The van der Waals surface area contributed by atoms with Crippen LogP contribution in [0.4, 0.5) is 5.69 Å². The molecule has 2 aromatic rings. The van der Waals surface area contributed by atoms with Gasteiger partial charge >= 0.3 is 5.97 Å². The number of nitrogen functional groups attached to an aromatic ring is 1. The van der Waals surface area contributed by atoms with Gasteiger partial charge in [-0.1, -0.05) is 11.6 Å². The minimum atomic E-state index is -0.405. The van der Waals surface area contributed by atoms with Crippen molar-refractivity contribution in [2.75, 3.05) is 5.73 Å². The molecule has 2 rings (SSSR count). The second kappa shape index (κ2) is 5.54. The smallest absolute Gasteiger partial charge is 0.338 e. The van der Waals surface area contributed by atoms with E-state index in [4.69, 9.17) is 22.1 Å². The molecule has 0 unspecified atom stereocenters. The van der Waals surface area contributed by atoms with Crippen LogP contribution in [0.2, 0.25) is 5.02 Å². The topological polar surface area (TPSA) is 70.1 Å². The number of anilines is 1. The molecule has 0 aliphatic heterocycles. The van der Waals surface area contributed by atoms with E-state index in [1.807, 2.05) is 6.92 Å². The third-order valence-electron chi connectivity index (χ3n) is 3.07. The van der Waals surface area contributed by atoms with Gasteiger partial charge in [0.25, 0.3) is 0 Å². The van der Waals surface area contributed by atoms with Gasteiger partial charge in [0.1, 0.15) is 6.61 Å². The second-order valence-electron chi connectivity index (χ2n) is 4.62. The summed E-state index contributed by atoms with van der Waals surface area (Å²) in [5, 5.41) is 4.69. The summed E-state index contributed by atoms with van der Waals surface area (Å²) in [5.41, 5.74) is 8.93. The summed E-state index contributed by atoms with van der Waals surface area (Å²) >= 11 is 6.10. The second-order valence-corrected chi connectivity index (χ2v) is 5.00. The zero-order chi connectivity index (χ0) is 14.9. The van der Waals surface area contributed by atoms with Gasteiger partial charge in [-0.2, -0.15) is 5.10 Å². The van der Waals surface area contributed by atoms with E-state index in [1.165, 1.54) is 0 Å². The van der Waals surface area contributed by atoms with Crippen molar-refractivity contribution in [2.45, 2.75) is 20.5 Å². The van der Waals surface area contributed by atoms with Gasteiger partial charge in [-0.15, -0.1) is 0 Å². The van der Waals surface area contributed by atoms with Crippen molar-refractivity contribution < 1.29 is 9.53 Å². The number of ether oxygens (including phenoxy) is 1. The third kappa shape index (κ3) is 2.77. The maximum Gasteiger partial charge on any atom is 0.338 e. The Morgan fingerprint density at radius 1 is 1.45 bits per heavy atom. The van der Waals surface area contributed by atoms with Crippen LogP contribution in [-0.4, -0.2) is 15.7 Å². The van der Waals surface area contributed by atoms with Crippen molar-refractivity contribution in [1.82, 2.24) is 9.78 Å². The van der Waals surface area contributed by atoms with Crippen LogP contribution in [0.1, 0.15) is 27.3 Å². The summed E-state index contributed by atoms with van der Waals surface area (Å²) in [5.74, 6) is -0.405. The fourth-order valence-corrected chi connectivity index (χ4v) is 2.18. The van der Waals surface area contributed by atoms with Crippen LogP contribution in [-0.2, 0) is 18.4 Å². The molecule has 1 aromatic carbocycles. The Kier molecular flexibility index (Phi) is 3.99. The van der Waals surface area contributed by atoms with E-state index in [2.05, 4.69) is 5.10 Å². The van der Waals surface area contributed by atoms with Crippen molar-refractivity contribution in [2.24, 2.45) is 7.05 Å². The first-order valence-electron chi connectivity index (χ1n) is 6.11. The summed E-state index contributed by atoms with van der Waals surface area (Å²) < 4.78 is 6.90. The standard InChI is InChI=1S/C14H16ClN3O2/c1-8-6-10(16)4-5-11(8)14(19)20-7-12-13(15)9(2)17-18(12)3/h4-6H,7,16H2,1-3H3. The fraction of sp³-hybridized carbons (Fsp3) is 0.286. The summed E-state index contributed by atoms with van der Waals surface area (Å²) in [6, 6.07) is 5.06. The highest BCUT2D eigenvalue weighted by Crippen LogP contribution is 2.21. The van der Waals surface area contributed by atoms with E-state index in [0.717, 1.165) is 5.56 Å². The van der Waals surface area contributed by atoms with Crippen molar-refractivity contribution in [3.05, 3.63) is 45.7 Å². The Morgan fingerprint density at radius 2 is 2.15 bits per heavy atom. The average Bonchev–Trinajstić information content (AvgIpc) is 2.61. The number of esters is 1. The molecule has 106 valence electrons. The molecule has 0 atom stereocenters. The molecule has 20 heavy (non-hydrogen) atoms. The van der Waals surface area contributed by atoms with Crippen LogP contribution >= 0.6 is 11.6 Å². The lowest BCUT2D eigenvalue weighted by molar-refractivity contribution is 0.0463. The van der Waals surface area contributed by atoms with E-state index in [-0.39, 0.29) is 6.61 Å². The molecular formula is C14H16ClN3O2. The van der Waals surface area contributed by atoms with Crippen LogP contribution in [0, 0.1) is 13.8 Å². The van der Waals surface area contributed by atoms with Gasteiger partial charge in [-0.25, -0.2) is 4.79 Å². The molecule has 6 heteroatoms. The molecule has 0 saturated heterocycles. The predicted molar refractivity (Wildman–Crippen MR) is 77.7 cm³/mol. The molecular weight excluding hydrogens is 278 g/mol. The molecule has 0 bridgehead atoms. The molecule has 0 saturated carbocycles. The minimum absolute atomic E-state index is 0.0822. The maximum absolute atomic E-state index is 12.0. The van der Waals surface area contributed by atoms with E-state index in [0.29, 0.717) is 27.7 Å². The summed E-state index contributed by atoms with van der Waals surface area (Å²) in [6.07, 6.45) is 0. The van der Waals surface area contributed by atoms with Gasteiger partial charge in [0.15, 0.2) is 0 Å². The lowest BCUT2D eigenvalue weighted by atomic mass is 10.1. The number of aryl methyl sites for hydroxylation is 3. The quantitative estimate of drug-likeness (QED) is 0.697. The van der Waals surface area contributed by atoms with Crippen LogP contribution in [0.3, 0.4) is 0 Å². The van der Waals surface area contributed by atoms with Crippen molar-refractivity contribution in [3.8, 4) is 0 Å². The van der Waals surface area contributed by atoms with Crippen LogP contribution < -0.4 is 5.73 Å². The normalized spacial score (nSPS) is 10.6. The summed E-state index contributed by atoms with van der Waals surface area (Å²) in [6.45, 7) is 3.70. The van der Waals surface area contributed by atoms with Gasteiger partial charge in [-0.3, -0.25) is 4.68 Å². The first-order chi connectivity index (χ1) is 9.40. The number of aromatic nitrogens is 2. The van der Waals surface area contributed by atoms with Gasteiger partial charge in [-0.05, 0) is 37.6 Å². The molecule has 1 aromatic heterocycles. The number of hydrogen-bond donors (Lipinski definition) is 1. The van der Waals surface area contributed by atoms with E-state index < -0.39 is 5.97 Å². The van der Waals surface area contributed by atoms with E-state index in [9.17, 15) is 4.79 Å². The number of nitrogens with zero attached hydrogens (tertiary/aromatic N) is 2. The van der Waals surface area contributed by atoms with E-state index >= 15 is 0 Å². The number of benzene rings is 1. The summed E-state index contributed by atoms with van der Waals surface area (Å²) in [4.78, 5) is 12.0. The third-order valence-corrected chi connectivity index (χ3v) is 3.56. The molecule has 0 spiro atoms. The lowest BCUT2D eigenvalue weighted by Crippen LogP contribution is -2.10. The largest absolute Gasteiger partial charge is 0.456 e. The molecule has 0 amide bonds. The average molecular weight is 294 g/mol.